The number of aromatic nitrogens is 3. The van der Waals surface area contributed by atoms with Gasteiger partial charge in [0.05, 0.1) is 0 Å². The minimum atomic E-state index is 0.312. The Morgan fingerprint density at radius 3 is 2.60 bits per heavy atom. The summed E-state index contributed by atoms with van der Waals surface area (Å²) in [4.78, 5) is 0. The van der Waals surface area contributed by atoms with Crippen molar-refractivity contribution < 1.29 is 0 Å². The lowest BCUT2D eigenvalue weighted by Crippen LogP contribution is -1.86. The van der Waals surface area contributed by atoms with Crippen LogP contribution in [0.4, 0.5) is 0 Å². The highest BCUT2D eigenvalue weighted by molar-refractivity contribution is 5.74. The lowest BCUT2D eigenvalue weighted by molar-refractivity contribution is 0.937. The average Bonchev–Trinajstić information content (AvgIpc) is 2.96. The first-order valence-electron chi connectivity index (χ1n) is 6.27. The molecule has 0 aliphatic rings. The van der Waals surface area contributed by atoms with Crippen molar-refractivity contribution in [1.29, 1.82) is 5.26 Å². The Kier molecular flexibility index (Phi) is 3.02. The van der Waals surface area contributed by atoms with E-state index in [4.69, 9.17) is 5.26 Å². The number of hydrogen-bond donors (Lipinski definition) is 1. The normalized spacial score (nSPS) is 10.2. The molecule has 0 radical (unpaired) electrons. The first kappa shape index (κ1) is 12.1. The van der Waals surface area contributed by atoms with E-state index in [1.54, 1.807) is 0 Å². The summed E-state index contributed by atoms with van der Waals surface area (Å²) in [5.74, 6) is 0. The minimum absolute atomic E-state index is 0.312. The van der Waals surface area contributed by atoms with E-state index < -0.39 is 0 Å². The summed E-state index contributed by atoms with van der Waals surface area (Å²) in [6, 6.07) is 18.2. The maximum Gasteiger partial charge on any atom is 0.190 e. The maximum absolute atomic E-state index is 9.03. The van der Waals surface area contributed by atoms with Crippen LogP contribution < -0.4 is 0 Å². The average molecular weight is 260 g/mol. The molecule has 4 heteroatoms. The fraction of sp³-hybridized carbons (Fsp3) is 0.0625. The largest absolute Gasteiger partial charge is 0.196 e. The molecule has 0 spiro atoms. The zero-order chi connectivity index (χ0) is 13.9. The number of aryl methyl sites for hydroxylation is 1. The van der Waals surface area contributed by atoms with E-state index >= 15 is 0 Å². The Bertz CT molecular complexity index is 779. The second-order valence-electron chi connectivity index (χ2n) is 4.53. The Balaban J connectivity index is 2.12. The fourth-order valence-electron chi connectivity index (χ4n) is 2.24. The van der Waals surface area contributed by atoms with Crippen LogP contribution in [0.15, 0.2) is 48.5 Å². The molecule has 3 rings (SSSR count). The van der Waals surface area contributed by atoms with E-state index in [9.17, 15) is 0 Å². The SMILES string of the molecule is Cc1ccccc1-c1cccc(-c2n[nH]nc2C#N)c1. The molecule has 4 nitrogen and oxygen atoms in total. The van der Waals surface area contributed by atoms with E-state index in [-0.39, 0.29) is 0 Å². The van der Waals surface area contributed by atoms with Gasteiger partial charge in [0.25, 0.3) is 0 Å². The van der Waals surface area contributed by atoms with Crippen LogP contribution in [0.5, 0.6) is 0 Å². The predicted octanol–water partition coefficient (Wildman–Crippen LogP) is 3.32. The van der Waals surface area contributed by atoms with Crippen LogP contribution in [0.3, 0.4) is 0 Å². The molecule has 1 N–H and O–H groups in total. The van der Waals surface area contributed by atoms with Gasteiger partial charge in [0.1, 0.15) is 11.8 Å². The summed E-state index contributed by atoms with van der Waals surface area (Å²) in [6.45, 7) is 2.08. The summed E-state index contributed by atoms with van der Waals surface area (Å²) >= 11 is 0. The zero-order valence-corrected chi connectivity index (χ0v) is 11.0. The van der Waals surface area contributed by atoms with Crippen molar-refractivity contribution in [3.05, 3.63) is 59.8 Å². The van der Waals surface area contributed by atoms with Crippen molar-refractivity contribution in [2.24, 2.45) is 0 Å². The standard InChI is InChI=1S/C16H12N4/c1-11-5-2-3-8-14(11)12-6-4-7-13(9-12)16-15(10-17)18-20-19-16/h2-9H,1H3,(H,18,19,20). The van der Waals surface area contributed by atoms with Gasteiger partial charge in [-0.3, -0.25) is 0 Å². The van der Waals surface area contributed by atoms with Crippen molar-refractivity contribution in [2.45, 2.75) is 6.92 Å². The number of H-pyrrole nitrogens is 1. The van der Waals surface area contributed by atoms with Crippen molar-refractivity contribution in [1.82, 2.24) is 15.4 Å². The number of nitrogens with one attached hydrogen (secondary N) is 1. The van der Waals surface area contributed by atoms with Crippen molar-refractivity contribution in [2.75, 3.05) is 0 Å². The zero-order valence-electron chi connectivity index (χ0n) is 11.0. The number of benzene rings is 2. The maximum atomic E-state index is 9.03. The number of hydrogen-bond acceptors (Lipinski definition) is 3. The Labute approximate surface area is 116 Å². The second-order valence-corrected chi connectivity index (χ2v) is 4.53. The molecular weight excluding hydrogens is 248 g/mol. The third-order valence-electron chi connectivity index (χ3n) is 3.25. The van der Waals surface area contributed by atoms with Crippen LogP contribution in [-0.2, 0) is 0 Å². The molecule has 2 aromatic carbocycles. The number of aromatic amines is 1. The summed E-state index contributed by atoms with van der Waals surface area (Å²) in [5, 5.41) is 19.4. The Morgan fingerprint density at radius 2 is 1.80 bits per heavy atom. The van der Waals surface area contributed by atoms with Crippen LogP contribution in [-0.4, -0.2) is 15.4 Å². The van der Waals surface area contributed by atoms with Crippen LogP contribution in [0.1, 0.15) is 11.3 Å². The van der Waals surface area contributed by atoms with Gasteiger partial charge in [-0.1, -0.05) is 42.5 Å². The highest BCUT2D eigenvalue weighted by Gasteiger charge is 2.10. The summed E-state index contributed by atoms with van der Waals surface area (Å²) < 4.78 is 0. The van der Waals surface area contributed by atoms with Gasteiger partial charge in [0.2, 0.25) is 0 Å². The summed E-state index contributed by atoms with van der Waals surface area (Å²) in [6.07, 6.45) is 0. The van der Waals surface area contributed by atoms with E-state index in [0.29, 0.717) is 11.4 Å². The van der Waals surface area contributed by atoms with E-state index in [1.807, 2.05) is 36.4 Å². The van der Waals surface area contributed by atoms with Crippen molar-refractivity contribution >= 4 is 0 Å². The third-order valence-corrected chi connectivity index (χ3v) is 3.25. The molecule has 0 fully saturated rings. The smallest absolute Gasteiger partial charge is 0.190 e. The molecular formula is C16H12N4. The minimum Gasteiger partial charge on any atom is -0.196 e. The molecule has 0 aliphatic heterocycles. The highest BCUT2D eigenvalue weighted by Crippen LogP contribution is 2.28. The van der Waals surface area contributed by atoms with Gasteiger partial charge in [0, 0.05) is 5.56 Å². The molecule has 3 aromatic rings. The first-order chi connectivity index (χ1) is 9.79. The van der Waals surface area contributed by atoms with Gasteiger partial charge in [-0.05, 0) is 29.7 Å². The summed E-state index contributed by atoms with van der Waals surface area (Å²) in [7, 11) is 0. The molecule has 0 saturated heterocycles. The molecule has 1 aromatic heterocycles. The summed E-state index contributed by atoms with van der Waals surface area (Å²) in [5.41, 5.74) is 5.28. The van der Waals surface area contributed by atoms with Gasteiger partial charge in [-0.15, -0.1) is 5.10 Å². The molecule has 0 atom stereocenters. The number of nitrogens with zero attached hydrogens (tertiary/aromatic N) is 3. The van der Waals surface area contributed by atoms with Crippen LogP contribution in [0, 0.1) is 18.3 Å². The van der Waals surface area contributed by atoms with Gasteiger partial charge in [-0.2, -0.15) is 15.6 Å². The predicted molar refractivity (Wildman–Crippen MR) is 76.7 cm³/mol. The van der Waals surface area contributed by atoms with E-state index in [0.717, 1.165) is 11.1 Å². The van der Waals surface area contributed by atoms with Gasteiger partial charge < -0.3 is 0 Å². The lowest BCUT2D eigenvalue weighted by Gasteiger charge is -2.07. The van der Waals surface area contributed by atoms with E-state index in [1.165, 1.54) is 11.1 Å². The monoisotopic (exact) mass is 260 g/mol. The Hall–Kier alpha value is -2.93. The lowest BCUT2D eigenvalue weighted by atomic mass is 9.98. The molecule has 0 saturated carbocycles. The number of nitriles is 1. The fourth-order valence-corrected chi connectivity index (χ4v) is 2.24. The molecule has 1 heterocycles. The van der Waals surface area contributed by atoms with Gasteiger partial charge in [-0.25, -0.2) is 0 Å². The topological polar surface area (TPSA) is 65.4 Å². The van der Waals surface area contributed by atoms with Gasteiger partial charge >= 0.3 is 0 Å². The molecule has 0 unspecified atom stereocenters. The van der Waals surface area contributed by atoms with Gasteiger partial charge in [0.15, 0.2) is 5.69 Å². The molecule has 0 amide bonds. The van der Waals surface area contributed by atoms with Crippen molar-refractivity contribution in [3.8, 4) is 28.5 Å². The molecule has 96 valence electrons. The molecule has 0 aliphatic carbocycles. The third kappa shape index (κ3) is 2.06. The quantitative estimate of drug-likeness (QED) is 0.768. The van der Waals surface area contributed by atoms with Crippen molar-refractivity contribution in [3.63, 3.8) is 0 Å². The second kappa shape index (κ2) is 4.98. The van der Waals surface area contributed by atoms with Crippen LogP contribution >= 0.6 is 0 Å². The number of rotatable bonds is 2. The van der Waals surface area contributed by atoms with Crippen LogP contribution in [0.25, 0.3) is 22.4 Å². The van der Waals surface area contributed by atoms with Crippen LogP contribution in [0.2, 0.25) is 0 Å². The molecule has 0 bridgehead atoms. The molecule has 20 heavy (non-hydrogen) atoms. The highest BCUT2D eigenvalue weighted by atomic mass is 15.3. The first-order valence-corrected chi connectivity index (χ1v) is 6.27. The Morgan fingerprint density at radius 1 is 1.00 bits per heavy atom. The van der Waals surface area contributed by atoms with E-state index in [2.05, 4.69) is 40.5 Å².